The summed E-state index contributed by atoms with van der Waals surface area (Å²) in [4.78, 5) is 23.3. The van der Waals surface area contributed by atoms with Gasteiger partial charge in [-0.3, -0.25) is 4.79 Å². The van der Waals surface area contributed by atoms with Crippen LogP contribution in [0.25, 0.3) is 11.0 Å². The molecule has 0 fully saturated rings. The summed E-state index contributed by atoms with van der Waals surface area (Å²) in [5, 5.41) is 2.72. The van der Waals surface area contributed by atoms with Gasteiger partial charge in [0.05, 0.1) is 28.3 Å². The molecule has 2 aromatic heterocycles. The number of hydrogen-bond donors (Lipinski definition) is 2. The van der Waals surface area contributed by atoms with E-state index in [1.54, 1.807) is 6.92 Å². The number of carbonyl (C=O) groups is 1. The van der Waals surface area contributed by atoms with Gasteiger partial charge >= 0.3 is 6.18 Å². The lowest BCUT2D eigenvalue weighted by Crippen LogP contribution is -2.28. The number of pyridine rings is 1. The largest absolute Gasteiger partial charge is 0.433 e. The number of aryl methyl sites for hydroxylation is 1. The summed E-state index contributed by atoms with van der Waals surface area (Å²) in [7, 11) is 0. The van der Waals surface area contributed by atoms with Crippen LogP contribution in [0.1, 0.15) is 40.5 Å². The van der Waals surface area contributed by atoms with Gasteiger partial charge in [-0.25, -0.2) is 9.97 Å². The second kappa shape index (κ2) is 6.19. The van der Waals surface area contributed by atoms with Gasteiger partial charge in [-0.05, 0) is 38.1 Å². The van der Waals surface area contributed by atoms with E-state index < -0.39 is 23.8 Å². The number of alkyl halides is 3. The first kappa shape index (κ1) is 16.9. The minimum Gasteiger partial charge on any atom is -0.342 e. The van der Waals surface area contributed by atoms with Crippen LogP contribution >= 0.6 is 0 Å². The van der Waals surface area contributed by atoms with Crippen LogP contribution in [0, 0.1) is 6.92 Å². The Hall–Kier alpha value is -2.90. The van der Waals surface area contributed by atoms with Crippen molar-refractivity contribution >= 4 is 16.9 Å². The Labute approximate surface area is 141 Å². The van der Waals surface area contributed by atoms with Crippen molar-refractivity contribution in [2.75, 3.05) is 0 Å². The van der Waals surface area contributed by atoms with Crippen molar-refractivity contribution in [2.45, 2.75) is 26.1 Å². The molecular formula is C17H15F3N4O. The van der Waals surface area contributed by atoms with Crippen molar-refractivity contribution in [2.24, 2.45) is 0 Å². The second-order valence-electron chi connectivity index (χ2n) is 5.66. The highest BCUT2D eigenvalue weighted by atomic mass is 19.4. The summed E-state index contributed by atoms with van der Waals surface area (Å²) in [6.07, 6.45) is -4.54. The molecule has 5 nitrogen and oxygen atoms in total. The molecule has 0 saturated carbocycles. The Morgan fingerprint density at radius 3 is 2.52 bits per heavy atom. The number of imidazole rings is 1. The zero-order valence-electron chi connectivity index (χ0n) is 13.5. The average Bonchev–Trinajstić information content (AvgIpc) is 2.98. The number of benzene rings is 1. The highest BCUT2D eigenvalue weighted by molar-refractivity contribution is 5.95. The van der Waals surface area contributed by atoms with Gasteiger partial charge in [0.1, 0.15) is 11.5 Å². The van der Waals surface area contributed by atoms with Crippen LogP contribution in [0.3, 0.4) is 0 Å². The van der Waals surface area contributed by atoms with Gasteiger partial charge in [-0.1, -0.05) is 12.1 Å². The van der Waals surface area contributed by atoms with Crippen LogP contribution in [0.4, 0.5) is 13.2 Å². The number of halogens is 3. The first-order valence-electron chi connectivity index (χ1n) is 7.56. The van der Waals surface area contributed by atoms with Crippen molar-refractivity contribution in [1.29, 1.82) is 0 Å². The molecule has 1 aromatic carbocycles. The summed E-state index contributed by atoms with van der Waals surface area (Å²) in [5.41, 5.74) is 0.698. The Kier molecular flexibility index (Phi) is 4.20. The molecule has 0 aliphatic carbocycles. The van der Waals surface area contributed by atoms with Gasteiger partial charge in [0.25, 0.3) is 5.91 Å². The van der Waals surface area contributed by atoms with E-state index in [1.165, 1.54) is 6.92 Å². The summed E-state index contributed by atoms with van der Waals surface area (Å²) in [5.74, 6) is 0.0544. The number of nitrogens with zero attached hydrogens (tertiary/aromatic N) is 2. The SMILES string of the molecule is Cc1nc(C(F)(F)F)ccc1C(=O)N[C@@H](C)c1nc2ccccc2[nH]1. The maximum Gasteiger partial charge on any atom is 0.433 e. The predicted molar refractivity (Wildman–Crippen MR) is 86.0 cm³/mol. The standard InChI is InChI=1S/C17H15F3N4O/c1-9-11(7-8-14(21-9)17(18,19)20)16(25)22-10(2)15-23-12-5-3-4-6-13(12)24-15/h3-8,10H,1-2H3,(H,22,25)(H,23,24)/t10-/m0/s1. The summed E-state index contributed by atoms with van der Waals surface area (Å²) in [6.45, 7) is 3.11. The highest BCUT2D eigenvalue weighted by Crippen LogP contribution is 2.28. The molecule has 0 spiro atoms. The molecule has 2 heterocycles. The average molecular weight is 348 g/mol. The van der Waals surface area contributed by atoms with Crippen molar-refractivity contribution in [3.05, 3.63) is 59.2 Å². The van der Waals surface area contributed by atoms with Gasteiger partial charge < -0.3 is 10.3 Å². The van der Waals surface area contributed by atoms with E-state index in [-0.39, 0.29) is 11.3 Å². The molecule has 0 saturated heterocycles. The monoisotopic (exact) mass is 348 g/mol. The molecule has 0 bridgehead atoms. The van der Waals surface area contributed by atoms with Gasteiger partial charge in [0.15, 0.2) is 0 Å². The minimum atomic E-state index is -4.54. The topological polar surface area (TPSA) is 70.7 Å². The van der Waals surface area contributed by atoms with Gasteiger partial charge in [-0.2, -0.15) is 13.2 Å². The highest BCUT2D eigenvalue weighted by Gasteiger charge is 2.33. The molecule has 0 aliphatic heterocycles. The molecular weight excluding hydrogens is 333 g/mol. The van der Waals surface area contributed by atoms with E-state index in [0.29, 0.717) is 5.82 Å². The molecule has 130 valence electrons. The molecule has 8 heteroatoms. The number of carbonyl (C=O) groups excluding carboxylic acids is 1. The molecule has 0 unspecified atom stereocenters. The van der Waals surface area contributed by atoms with E-state index in [4.69, 9.17) is 0 Å². The fourth-order valence-electron chi connectivity index (χ4n) is 2.48. The molecule has 0 radical (unpaired) electrons. The third kappa shape index (κ3) is 3.47. The van der Waals surface area contributed by atoms with E-state index in [2.05, 4.69) is 20.3 Å². The molecule has 3 aromatic rings. The Morgan fingerprint density at radius 2 is 1.88 bits per heavy atom. The van der Waals surface area contributed by atoms with Crippen LogP contribution in [0.2, 0.25) is 0 Å². The fourth-order valence-corrected chi connectivity index (χ4v) is 2.48. The van der Waals surface area contributed by atoms with Crippen LogP contribution in [0.5, 0.6) is 0 Å². The summed E-state index contributed by atoms with van der Waals surface area (Å²) >= 11 is 0. The van der Waals surface area contributed by atoms with Crippen LogP contribution in [-0.4, -0.2) is 20.9 Å². The third-order valence-electron chi connectivity index (χ3n) is 3.79. The lowest BCUT2D eigenvalue weighted by molar-refractivity contribution is -0.141. The Morgan fingerprint density at radius 1 is 1.16 bits per heavy atom. The molecule has 0 aliphatic rings. The van der Waals surface area contributed by atoms with Gasteiger partial charge in [0, 0.05) is 0 Å². The first-order chi connectivity index (χ1) is 11.8. The quantitative estimate of drug-likeness (QED) is 0.757. The number of amides is 1. The molecule has 2 N–H and O–H groups in total. The van der Waals surface area contributed by atoms with Gasteiger partial charge in [-0.15, -0.1) is 0 Å². The maximum atomic E-state index is 12.7. The minimum absolute atomic E-state index is 0.0177. The van der Waals surface area contributed by atoms with Crippen molar-refractivity contribution in [3.8, 4) is 0 Å². The van der Waals surface area contributed by atoms with E-state index >= 15 is 0 Å². The summed E-state index contributed by atoms with van der Waals surface area (Å²) in [6, 6.07) is 8.91. The van der Waals surface area contributed by atoms with E-state index in [0.717, 1.165) is 23.2 Å². The number of aromatic amines is 1. The van der Waals surface area contributed by atoms with E-state index in [9.17, 15) is 18.0 Å². The van der Waals surface area contributed by atoms with Crippen LogP contribution < -0.4 is 5.32 Å². The molecule has 1 amide bonds. The second-order valence-corrected chi connectivity index (χ2v) is 5.66. The Balaban J connectivity index is 1.79. The number of nitrogens with one attached hydrogen (secondary N) is 2. The molecule has 1 atom stereocenters. The number of aromatic nitrogens is 3. The first-order valence-corrected chi connectivity index (χ1v) is 7.56. The number of rotatable bonds is 3. The van der Waals surface area contributed by atoms with Crippen molar-refractivity contribution in [1.82, 2.24) is 20.3 Å². The number of para-hydroxylation sites is 2. The normalized spacial score (nSPS) is 13.0. The lowest BCUT2D eigenvalue weighted by atomic mass is 10.1. The lowest BCUT2D eigenvalue weighted by Gasteiger charge is -2.13. The van der Waals surface area contributed by atoms with E-state index in [1.807, 2.05) is 24.3 Å². The van der Waals surface area contributed by atoms with Crippen LogP contribution in [-0.2, 0) is 6.18 Å². The molecule has 3 rings (SSSR count). The van der Waals surface area contributed by atoms with Crippen molar-refractivity contribution < 1.29 is 18.0 Å². The number of H-pyrrole nitrogens is 1. The zero-order valence-corrected chi connectivity index (χ0v) is 13.5. The predicted octanol–water partition coefficient (Wildman–Crippen LogP) is 3.78. The zero-order chi connectivity index (χ0) is 18.2. The van der Waals surface area contributed by atoms with Gasteiger partial charge in [0.2, 0.25) is 0 Å². The smallest absolute Gasteiger partial charge is 0.342 e. The number of fused-ring (bicyclic) bond motifs is 1. The number of hydrogen-bond acceptors (Lipinski definition) is 3. The maximum absolute atomic E-state index is 12.7. The third-order valence-corrected chi connectivity index (χ3v) is 3.79. The Bertz CT molecular complexity index is 900. The van der Waals surface area contributed by atoms with Crippen molar-refractivity contribution in [3.63, 3.8) is 0 Å². The van der Waals surface area contributed by atoms with Crippen LogP contribution in [0.15, 0.2) is 36.4 Å². The fraction of sp³-hybridized carbons (Fsp3) is 0.235. The summed E-state index contributed by atoms with van der Waals surface area (Å²) < 4.78 is 38.0. The molecule has 25 heavy (non-hydrogen) atoms.